The van der Waals surface area contributed by atoms with Crippen molar-refractivity contribution >= 4 is 17.7 Å². The minimum Gasteiger partial charge on any atom is -0.478 e. The van der Waals surface area contributed by atoms with E-state index in [4.69, 9.17) is 5.11 Å². The summed E-state index contributed by atoms with van der Waals surface area (Å²) >= 11 is 1.35. The maximum Gasteiger partial charge on any atom is 0.335 e. The van der Waals surface area contributed by atoms with Crippen molar-refractivity contribution in [2.75, 3.05) is 0 Å². The molecular weight excluding hydrogens is 248 g/mol. The van der Waals surface area contributed by atoms with E-state index < -0.39 is 5.97 Å². The van der Waals surface area contributed by atoms with Crippen molar-refractivity contribution < 1.29 is 9.90 Å². The fraction of sp³-hybridized carbons (Fsp3) is 0.154. The molecule has 1 N–H and O–H groups in total. The summed E-state index contributed by atoms with van der Waals surface area (Å²) in [5.74, 6) is -0.917. The van der Waals surface area contributed by atoms with Gasteiger partial charge in [0, 0.05) is 17.3 Å². The first kappa shape index (κ1) is 12.6. The average Bonchev–Trinajstić information content (AvgIpc) is 2.34. The number of aromatic carboxylic acids is 1. The van der Waals surface area contributed by atoms with Crippen LogP contribution in [0.4, 0.5) is 0 Å². The van der Waals surface area contributed by atoms with Crippen LogP contribution in [-0.2, 0) is 0 Å². The van der Waals surface area contributed by atoms with Crippen molar-refractivity contribution in [1.29, 1.82) is 0 Å². The van der Waals surface area contributed by atoms with Gasteiger partial charge in [-0.25, -0.2) is 14.8 Å². The minimum atomic E-state index is -0.917. The molecule has 0 saturated carbocycles. The standard InChI is InChI=1S/C13H12N2O2S/c1-8-6-14-13(15-7-8)18-10-4-3-9(2)11(5-10)12(16)17/h3-7H,1-2H3,(H,16,17). The van der Waals surface area contributed by atoms with E-state index in [0.29, 0.717) is 10.7 Å². The molecule has 1 aromatic heterocycles. The Labute approximate surface area is 109 Å². The number of hydrogen-bond donors (Lipinski definition) is 1. The van der Waals surface area contributed by atoms with Gasteiger partial charge in [-0.3, -0.25) is 0 Å². The number of benzene rings is 1. The Morgan fingerprint density at radius 2 is 1.89 bits per heavy atom. The van der Waals surface area contributed by atoms with E-state index in [1.54, 1.807) is 31.5 Å². The van der Waals surface area contributed by atoms with Crippen LogP contribution in [0.5, 0.6) is 0 Å². The van der Waals surface area contributed by atoms with Crippen LogP contribution < -0.4 is 0 Å². The summed E-state index contributed by atoms with van der Waals surface area (Å²) in [7, 11) is 0. The Morgan fingerprint density at radius 1 is 1.22 bits per heavy atom. The minimum absolute atomic E-state index is 0.312. The Kier molecular flexibility index (Phi) is 3.62. The summed E-state index contributed by atoms with van der Waals surface area (Å²) in [6.45, 7) is 3.70. The van der Waals surface area contributed by atoms with Gasteiger partial charge in [0.25, 0.3) is 0 Å². The molecule has 4 nitrogen and oxygen atoms in total. The zero-order chi connectivity index (χ0) is 13.1. The monoisotopic (exact) mass is 260 g/mol. The van der Waals surface area contributed by atoms with Crippen LogP contribution >= 0.6 is 11.8 Å². The van der Waals surface area contributed by atoms with E-state index in [-0.39, 0.29) is 0 Å². The lowest BCUT2D eigenvalue weighted by Crippen LogP contribution is -1.99. The molecule has 0 unspecified atom stereocenters. The van der Waals surface area contributed by atoms with Crippen LogP contribution in [0.1, 0.15) is 21.5 Å². The second kappa shape index (κ2) is 5.18. The lowest BCUT2D eigenvalue weighted by Gasteiger charge is -2.04. The van der Waals surface area contributed by atoms with Crippen molar-refractivity contribution in [2.24, 2.45) is 0 Å². The lowest BCUT2D eigenvalue weighted by atomic mass is 10.1. The zero-order valence-corrected chi connectivity index (χ0v) is 10.9. The molecule has 0 saturated heterocycles. The second-order valence-corrected chi connectivity index (χ2v) is 4.97. The number of carbonyl (C=O) groups is 1. The largest absolute Gasteiger partial charge is 0.478 e. The van der Waals surface area contributed by atoms with Crippen molar-refractivity contribution in [3.05, 3.63) is 47.3 Å². The van der Waals surface area contributed by atoms with E-state index in [1.807, 2.05) is 13.0 Å². The predicted molar refractivity (Wildman–Crippen MR) is 69.0 cm³/mol. The Bertz CT molecular complexity index is 582. The van der Waals surface area contributed by atoms with Gasteiger partial charge in [0.15, 0.2) is 5.16 Å². The highest BCUT2D eigenvalue weighted by Crippen LogP contribution is 2.26. The molecule has 0 aliphatic rings. The van der Waals surface area contributed by atoms with E-state index in [2.05, 4.69) is 9.97 Å². The molecule has 0 bridgehead atoms. The highest BCUT2D eigenvalue weighted by Gasteiger charge is 2.09. The number of hydrogen-bond acceptors (Lipinski definition) is 4. The smallest absolute Gasteiger partial charge is 0.335 e. The van der Waals surface area contributed by atoms with Crippen LogP contribution in [0.25, 0.3) is 0 Å². The number of rotatable bonds is 3. The summed E-state index contributed by atoms with van der Waals surface area (Å²) < 4.78 is 0. The fourth-order valence-corrected chi connectivity index (χ4v) is 2.17. The Hall–Kier alpha value is -1.88. The molecule has 92 valence electrons. The molecule has 2 rings (SSSR count). The molecule has 0 atom stereocenters. The molecule has 5 heteroatoms. The van der Waals surface area contributed by atoms with E-state index in [1.165, 1.54) is 11.8 Å². The van der Waals surface area contributed by atoms with Crippen molar-refractivity contribution in [1.82, 2.24) is 9.97 Å². The molecule has 1 aromatic carbocycles. The molecule has 18 heavy (non-hydrogen) atoms. The van der Waals surface area contributed by atoms with E-state index >= 15 is 0 Å². The van der Waals surface area contributed by atoms with Gasteiger partial charge in [-0.1, -0.05) is 6.07 Å². The Balaban J connectivity index is 2.27. The van der Waals surface area contributed by atoms with Crippen molar-refractivity contribution in [3.8, 4) is 0 Å². The van der Waals surface area contributed by atoms with Gasteiger partial charge in [-0.2, -0.15) is 0 Å². The maximum atomic E-state index is 11.0. The highest BCUT2D eigenvalue weighted by molar-refractivity contribution is 7.99. The molecule has 0 fully saturated rings. The van der Waals surface area contributed by atoms with Gasteiger partial charge >= 0.3 is 5.97 Å². The maximum absolute atomic E-state index is 11.0. The third-order valence-corrected chi connectivity index (χ3v) is 3.29. The summed E-state index contributed by atoms with van der Waals surface area (Å²) in [5, 5.41) is 9.66. The number of aromatic nitrogens is 2. The van der Waals surface area contributed by atoms with Crippen LogP contribution in [0.15, 0.2) is 40.6 Å². The SMILES string of the molecule is Cc1cnc(Sc2ccc(C)c(C(=O)O)c2)nc1. The van der Waals surface area contributed by atoms with Gasteiger partial charge in [0.05, 0.1) is 5.56 Å². The van der Waals surface area contributed by atoms with E-state index in [9.17, 15) is 4.79 Å². The van der Waals surface area contributed by atoms with Crippen molar-refractivity contribution in [2.45, 2.75) is 23.9 Å². The Morgan fingerprint density at radius 3 is 2.50 bits per heavy atom. The molecule has 0 aliphatic heterocycles. The summed E-state index contributed by atoms with van der Waals surface area (Å²) in [6, 6.07) is 5.31. The van der Waals surface area contributed by atoms with Gasteiger partial charge in [-0.05, 0) is 48.9 Å². The van der Waals surface area contributed by atoms with Gasteiger partial charge < -0.3 is 5.11 Å². The molecule has 1 heterocycles. The quantitative estimate of drug-likeness (QED) is 0.860. The highest BCUT2D eigenvalue weighted by atomic mass is 32.2. The van der Waals surface area contributed by atoms with Crippen LogP contribution in [0, 0.1) is 13.8 Å². The number of aryl methyl sites for hydroxylation is 2. The summed E-state index contributed by atoms with van der Waals surface area (Å²) in [4.78, 5) is 20.2. The first-order valence-corrected chi connectivity index (χ1v) is 6.18. The molecular formula is C13H12N2O2S. The molecule has 2 aromatic rings. The number of carboxylic acids is 1. The number of nitrogens with zero attached hydrogens (tertiary/aromatic N) is 2. The van der Waals surface area contributed by atoms with Gasteiger partial charge in [-0.15, -0.1) is 0 Å². The zero-order valence-electron chi connectivity index (χ0n) is 10.0. The van der Waals surface area contributed by atoms with E-state index in [0.717, 1.165) is 16.0 Å². The number of carboxylic acid groups (broad SMARTS) is 1. The average molecular weight is 260 g/mol. The van der Waals surface area contributed by atoms with Crippen LogP contribution in [0.2, 0.25) is 0 Å². The summed E-state index contributed by atoms with van der Waals surface area (Å²) in [5.41, 5.74) is 2.05. The fourth-order valence-electron chi connectivity index (χ4n) is 1.43. The molecule has 0 amide bonds. The molecule has 0 aliphatic carbocycles. The van der Waals surface area contributed by atoms with Gasteiger partial charge in [0.1, 0.15) is 0 Å². The first-order valence-electron chi connectivity index (χ1n) is 5.36. The lowest BCUT2D eigenvalue weighted by molar-refractivity contribution is 0.0696. The van der Waals surface area contributed by atoms with Crippen molar-refractivity contribution in [3.63, 3.8) is 0 Å². The first-order chi connectivity index (χ1) is 8.56. The summed E-state index contributed by atoms with van der Waals surface area (Å²) in [6.07, 6.45) is 3.48. The third kappa shape index (κ3) is 2.87. The van der Waals surface area contributed by atoms with Gasteiger partial charge in [0.2, 0.25) is 0 Å². The topological polar surface area (TPSA) is 63.1 Å². The third-order valence-electron chi connectivity index (χ3n) is 2.41. The normalized spacial score (nSPS) is 10.3. The molecule has 0 spiro atoms. The van der Waals surface area contributed by atoms with Crippen LogP contribution in [-0.4, -0.2) is 21.0 Å². The predicted octanol–water partition coefficient (Wildman–Crippen LogP) is 2.94. The molecule has 0 radical (unpaired) electrons. The second-order valence-electron chi connectivity index (χ2n) is 3.93. The van der Waals surface area contributed by atoms with Crippen LogP contribution in [0.3, 0.4) is 0 Å².